The molecule has 0 spiro atoms. The average Bonchev–Trinajstić information content (AvgIpc) is 2.83. The van der Waals surface area contributed by atoms with Crippen molar-refractivity contribution in [3.05, 3.63) is 24.3 Å². The highest BCUT2D eigenvalue weighted by atomic mass is 16.5. The normalized spacial score (nSPS) is 30.8. The van der Waals surface area contributed by atoms with E-state index in [0.717, 1.165) is 26.0 Å². The van der Waals surface area contributed by atoms with Crippen LogP contribution in [0.15, 0.2) is 18.6 Å². The number of carbonyl (C=O) groups is 1. The van der Waals surface area contributed by atoms with Crippen LogP contribution in [0.2, 0.25) is 0 Å². The van der Waals surface area contributed by atoms with Crippen molar-refractivity contribution >= 4 is 5.91 Å². The van der Waals surface area contributed by atoms with Gasteiger partial charge in [0, 0.05) is 31.6 Å². The molecule has 0 aromatic carbocycles. The molecule has 6 heteroatoms. The lowest BCUT2D eigenvalue weighted by molar-refractivity contribution is -0.00218. The molecule has 2 N–H and O–H groups in total. The SMILES string of the molecule is O=C(N[C@@H]1CN[C@H]2CCCO[C@H]21)c1cnccn1. The summed E-state index contributed by atoms with van der Waals surface area (Å²) in [7, 11) is 0. The van der Waals surface area contributed by atoms with Crippen molar-refractivity contribution in [1.82, 2.24) is 20.6 Å². The van der Waals surface area contributed by atoms with Gasteiger partial charge in [0.15, 0.2) is 0 Å². The molecule has 0 radical (unpaired) electrons. The van der Waals surface area contributed by atoms with E-state index in [2.05, 4.69) is 20.6 Å². The van der Waals surface area contributed by atoms with Gasteiger partial charge >= 0.3 is 0 Å². The standard InChI is InChI=1S/C12H16N4O2/c17-12(10-6-13-3-4-14-10)16-9-7-15-8-2-1-5-18-11(8)9/h3-4,6,8-9,11,15H,1-2,5,7H2,(H,16,17)/t8-,9+,11+/m0/s1. The second kappa shape index (κ2) is 4.99. The third-order valence-electron chi connectivity index (χ3n) is 3.48. The molecular weight excluding hydrogens is 232 g/mol. The number of nitrogens with zero attached hydrogens (tertiary/aromatic N) is 2. The van der Waals surface area contributed by atoms with Crippen LogP contribution in [0.3, 0.4) is 0 Å². The fourth-order valence-corrected chi connectivity index (χ4v) is 2.60. The molecule has 3 rings (SSSR count). The molecule has 1 aromatic heterocycles. The molecule has 6 nitrogen and oxygen atoms in total. The average molecular weight is 248 g/mol. The van der Waals surface area contributed by atoms with Crippen LogP contribution < -0.4 is 10.6 Å². The number of amides is 1. The highest BCUT2D eigenvalue weighted by Crippen LogP contribution is 2.21. The molecule has 2 aliphatic rings. The number of rotatable bonds is 2. The largest absolute Gasteiger partial charge is 0.374 e. The maximum atomic E-state index is 12.0. The summed E-state index contributed by atoms with van der Waals surface area (Å²) in [5.74, 6) is -0.190. The molecule has 1 aromatic rings. The first kappa shape index (κ1) is 11.6. The van der Waals surface area contributed by atoms with Crippen LogP contribution >= 0.6 is 0 Å². The fraction of sp³-hybridized carbons (Fsp3) is 0.583. The predicted octanol–water partition coefficient (Wildman–Crippen LogP) is -0.274. The third-order valence-corrected chi connectivity index (χ3v) is 3.48. The van der Waals surface area contributed by atoms with Crippen LogP contribution in [-0.4, -0.2) is 47.2 Å². The Morgan fingerprint density at radius 2 is 2.44 bits per heavy atom. The van der Waals surface area contributed by atoms with E-state index in [0.29, 0.717) is 11.7 Å². The van der Waals surface area contributed by atoms with Crippen molar-refractivity contribution in [2.45, 2.75) is 31.0 Å². The first-order valence-electron chi connectivity index (χ1n) is 6.26. The van der Waals surface area contributed by atoms with E-state index in [1.165, 1.54) is 12.4 Å². The zero-order chi connectivity index (χ0) is 12.4. The van der Waals surface area contributed by atoms with Gasteiger partial charge in [-0.15, -0.1) is 0 Å². The Balaban J connectivity index is 1.65. The quantitative estimate of drug-likeness (QED) is 0.753. The lowest BCUT2D eigenvalue weighted by Gasteiger charge is -2.29. The Hall–Kier alpha value is -1.53. The van der Waals surface area contributed by atoms with Gasteiger partial charge in [0.1, 0.15) is 5.69 Å². The lowest BCUT2D eigenvalue weighted by Crippen LogP contribution is -2.47. The highest BCUT2D eigenvalue weighted by Gasteiger charge is 2.39. The monoisotopic (exact) mass is 248 g/mol. The van der Waals surface area contributed by atoms with Crippen molar-refractivity contribution in [2.75, 3.05) is 13.2 Å². The predicted molar refractivity (Wildman–Crippen MR) is 64.1 cm³/mol. The summed E-state index contributed by atoms with van der Waals surface area (Å²) in [5.41, 5.74) is 0.344. The van der Waals surface area contributed by atoms with Crippen molar-refractivity contribution in [3.8, 4) is 0 Å². The maximum Gasteiger partial charge on any atom is 0.271 e. The molecule has 0 bridgehead atoms. The van der Waals surface area contributed by atoms with Gasteiger partial charge in [-0.3, -0.25) is 9.78 Å². The fourth-order valence-electron chi connectivity index (χ4n) is 2.60. The molecule has 0 aliphatic carbocycles. The highest BCUT2D eigenvalue weighted by molar-refractivity contribution is 5.92. The van der Waals surface area contributed by atoms with Crippen LogP contribution in [0.4, 0.5) is 0 Å². The maximum absolute atomic E-state index is 12.0. The molecular formula is C12H16N4O2. The number of hydrogen-bond acceptors (Lipinski definition) is 5. The summed E-state index contributed by atoms with van der Waals surface area (Å²) >= 11 is 0. The van der Waals surface area contributed by atoms with Gasteiger partial charge in [0.2, 0.25) is 0 Å². The van der Waals surface area contributed by atoms with Crippen molar-refractivity contribution < 1.29 is 9.53 Å². The summed E-state index contributed by atoms with van der Waals surface area (Å²) < 4.78 is 5.74. The van der Waals surface area contributed by atoms with Gasteiger partial charge in [-0.2, -0.15) is 0 Å². The Bertz CT molecular complexity index is 425. The summed E-state index contributed by atoms with van der Waals surface area (Å²) in [4.78, 5) is 19.9. The smallest absolute Gasteiger partial charge is 0.271 e. The van der Waals surface area contributed by atoms with E-state index in [1.54, 1.807) is 6.20 Å². The molecule has 96 valence electrons. The summed E-state index contributed by atoms with van der Waals surface area (Å²) in [5, 5.41) is 6.36. The van der Waals surface area contributed by atoms with Crippen molar-refractivity contribution in [2.24, 2.45) is 0 Å². The van der Waals surface area contributed by atoms with Crippen LogP contribution in [0.1, 0.15) is 23.3 Å². The van der Waals surface area contributed by atoms with E-state index in [-0.39, 0.29) is 18.1 Å². The van der Waals surface area contributed by atoms with E-state index in [4.69, 9.17) is 4.74 Å². The van der Waals surface area contributed by atoms with Crippen LogP contribution in [0.5, 0.6) is 0 Å². The minimum Gasteiger partial charge on any atom is -0.374 e. The van der Waals surface area contributed by atoms with Gasteiger partial charge in [-0.1, -0.05) is 0 Å². The second-order valence-corrected chi connectivity index (χ2v) is 4.66. The molecule has 2 fully saturated rings. The second-order valence-electron chi connectivity index (χ2n) is 4.66. The number of aromatic nitrogens is 2. The van der Waals surface area contributed by atoms with Crippen molar-refractivity contribution in [3.63, 3.8) is 0 Å². The number of hydrogen-bond donors (Lipinski definition) is 2. The molecule has 3 atom stereocenters. The Morgan fingerprint density at radius 1 is 1.50 bits per heavy atom. The van der Waals surface area contributed by atoms with Gasteiger partial charge in [0.25, 0.3) is 5.91 Å². The van der Waals surface area contributed by atoms with Gasteiger partial charge < -0.3 is 15.4 Å². The summed E-state index contributed by atoms with van der Waals surface area (Å²) in [6.45, 7) is 1.53. The molecule has 2 saturated heterocycles. The van der Waals surface area contributed by atoms with Crippen LogP contribution in [0, 0.1) is 0 Å². The van der Waals surface area contributed by atoms with Crippen molar-refractivity contribution in [1.29, 1.82) is 0 Å². The number of fused-ring (bicyclic) bond motifs is 1. The molecule has 1 amide bonds. The lowest BCUT2D eigenvalue weighted by atomic mass is 10.0. The zero-order valence-corrected chi connectivity index (χ0v) is 10.0. The minimum atomic E-state index is -0.190. The van der Waals surface area contributed by atoms with Gasteiger partial charge in [0.05, 0.1) is 18.3 Å². The number of nitrogens with one attached hydrogen (secondary N) is 2. The Labute approximate surface area is 105 Å². The Kier molecular flexibility index (Phi) is 3.21. The van der Waals surface area contributed by atoms with Gasteiger partial charge in [-0.25, -0.2) is 4.98 Å². The number of carbonyl (C=O) groups excluding carboxylic acids is 1. The first-order chi connectivity index (χ1) is 8.84. The summed E-state index contributed by atoms with van der Waals surface area (Å²) in [6.07, 6.45) is 6.81. The summed E-state index contributed by atoms with van der Waals surface area (Å²) in [6, 6.07) is 0.385. The van der Waals surface area contributed by atoms with Crippen LogP contribution in [0.25, 0.3) is 0 Å². The number of ether oxygens (including phenoxy) is 1. The molecule has 3 heterocycles. The van der Waals surface area contributed by atoms with E-state index in [1.807, 2.05) is 0 Å². The van der Waals surface area contributed by atoms with Crippen LogP contribution in [-0.2, 0) is 4.74 Å². The van der Waals surface area contributed by atoms with Gasteiger partial charge in [-0.05, 0) is 12.8 Å². The molecule has 0 unspecified atom stereocenters. The molecule has 18 heavy (non-hydrogen) atoms. The molecule has 0 saturated carbocycles. The van der Waals surface area contributed by atoms with E-state index < -0.39 is 0 Å². The first-order valence-corrected chi connectivity index (χ1v) is 6.26. The topological polar surface area (TPSA) is 76.1 Å². The minimum absolute atomic E-state index is 0.0183. The zero-order valence-electron chi connectivity index (χ0n) is 10.0. The third kappa shape index (κ3) is 2.21. The van der Waals surface area contributed by atoms with E-state index >= 15 is 0 Å². The molecule has 2 aliphatic heterocycles. The van der Waals surface area contributed by atoms with E-state index in [9.17, 15) is 4.79 Å². The Morgan fingerprint density at radius 3 is 3.28 bits per heavy atom.